The number of likely N-dealkylation sites (N-methyl/N-ethyl adjacent to an activating group) is 1. The molecular formula is C22H29N3O2. The Morgan fingerprint density at radius 2 is 1.89 bits per heavy atom. The number of carbonyl (C=O) groups is 1. The van der Waals surface area contributed by atoms with E-state index in [2.05, 4.69) is 46.6 Å². The minimum atomic E-state index is 0.0220. The molecule has 0 spiro atoms. The van der Waals surface area contributed by atoms with E-state index in [4.69, 9.17) is 4.74 Å². The normalized spacial score (nSPS) is 17.8. The van der Waals surface area contributed by atoms with Gasteiger partial charge >= 0.3 is 6.03 Å². The molecule has 2 aromatic rings. The molecule has 27 heavy (non-hydrogen) atoms. The summed E-state index contributed by atoms with van der Waals surface area (Å²) in [5.74, 6) is 1.27. The minimum absolute atomic E-state index is 0.0220. The number of likely N-dealkylation sites (tertiary alicyclic amines) is 1. The van der Waals surface area contributed by atoms with Crippen molar-refractivity contribution in [3.05, 3.63) is 65.7 Å². The first-order valence-corrected chi connectivity index (χ1v) is 9.46. The quantitative estimate of drug-likeness (QED) is 0.850. The van der Waals surface area contributed by atoms with Crippen molar-refractivity contribution >= 4 is 6.03 Å². The Labute approximate surface area is 161 Å². The molecule has 0 radical (unpaired) electrons. The van der Waals surface area contributed by atoms with Gasteiger partial charge < -0.3 is 19.9 Å². The zero-order chi connectivity index (χ0) is 19.2. The molecule has 1 unspecified atom stereocenters. The lowest BCUT2D eigenvalue weighted by atomic mass is 9.99. The molecule has 144 valence electrons. The van der Waals surface area contributed by atoms with Crippen molar-refractivity contribution in [2.75, 3.05) is 40.8 Å². The van der Waals surface area contributed by atoms with Crippen LogP contribution >= 0.6 is 0 Å². The van der Waals surface area contributed by atoms with Gasteiger partial charge in [-0.15, -0.1) is 0 Å². The standard InChI is InChI=1S/C22H29N3O2/c1-24(2)21(18-9-11-20(27-3)12-10-18)15-23-22(26)25-14-13-19(16-25)17-7-5-4-6-8-17/h4-12,19,21H,13-16H2,1-3H3,(H,23,26)/t19-,21?/m1/s1. The van der Waals surface area contributed by atoms with Crippen LogP contribution in [0.4, 0.5) is 4.79 Å². The number of nitrogens with zero attached hydrogens (tertiary/aromatic N) is 2. The molecule has 2 aromatic carbocycles. The highest BCUT2D eigenvalue weighted by atomic mass is 16.5. The van der Waals surface area contributed by atoms with Gasteiger partial charge in [0.15, 0.2) is 0 Å². The average Bonchev–Trinajstić information content (AvgIpc) is 3.19. The smallest absolute Gasteiger partial charge is 0.317 e. The summed E-state index contributed by atoms with van der Waals surface area (Å²) in [5, 5.41) is 3.12. The van der Waals surface area contributed by atoms with Gasteiger partial charge in [0, 0.05) is 25.6 Å². The van der Waals surface area contributed by atoms with Gasteiger partial charge in [-0.25, -0.2) is 4.79 Å². The molecule has 3 rings (SSSR count). The van der Waals surface area contributed by atoms with Crippen molar-refractivity contribution < 1.29 is 9.53 Å². The highest BCUT2D eigenvalue weighted by molar-refractivity contribution is 5.74. The summed E-state index contributed by atoms with van der Waals surface area (Å²) in [4.78, 5) is 16.7. The molecule has 2 amide bonds. The highest BCUT2D eigenvalue weighted by Crippen LogP contribution is 2.27. The fourth-order valence-corrected chi connectivity index (χ4v) is 3.66. The van der Waals surface area contributed by atoms with Gasteiger partial charge in [-0.05, 0) is 43.8 Å². The highest BCUT2D eigenvalue weighted by Gasteiger charge is 2.27. The number of amides is 2. The first kappa shape index (κ1) is 19.2. The van der Waals surface area contributed by atoms with Crippen molar-refractivity contribution in [3.8, 4) is 5.75 Å². The zero-order valence-corrected chi connectivity index (χ0v) is 16.4. The number of hydrogen-bond acceptors (Lipinski definition) is 3. The summed E-state index contributed by atoms with van der Waals surface area (Å²) in [6.07, 6.45) is 1.02. The van der Waals surface area contributed by atoms with Gasteiger partial charge in [0.05, 0.1) is 13.2 Å². The van der Waals surface area contributed by atoms with Gasteiger partial charge in [0.1, 0.15) is 5.75 Å². The maximum Gasteiger partial charge on any atom is 0.317 e. The van der Waals surface area contributed by atoms with Gasteiger partial charge in [-0.1, -0.05) is 42.5 Å². The first-order valence-electron chi connectivity index (χ1n) is 9.46. The Morgan fingerprint density at radius 3 is 2.52 bits per heavy atom. The molecule has 1 fully saturated rings. The van der Waals surface area contributed by atoms with E-state index in [1.54, 1.807) is 7.11 Å². The number of benzene rings is 2. The van der Waals surface area contributed by atoms with Crippen LogP contribution in [0.15, 0.2) is 54.6 Å². The molecular weight excluding hydrogens is 338 g/mol. The van der Waals surface area contributed by atoms with E-state index in [0.717, 1.165) is 30.8 Å². The molecule has 1 aliphatic heterocycles. The summed E-state index contributed by atoms with van der Waals surface area (Å²) < 4.78 is 5.23. The third kappa shape index (κ3) is 4.80. The van der Waals surface area contributed by atoms with E-state index < -0.39 is 0 Å². The van der Waals surface area contributed by atoms with Crippen LogP contribution < -0.4 is 10.1 Å². The first-order chi connectivity index (χ1) is 13.1. The lowest BCUT2D eigenvalue weighted by molar-refractivity contribution is 0.202. The SMILES string of the molecule is COc1ccc(C(CNC(=O)N2CC[C@@H](c3ccccc3)C2)N(C)C)cc1. The molecule has 1 heterocycles. The summed E-state index contributed by atoms with van der Waals surface area (Å²) >= 11 is 0. The van der Waals surface area contributed by atoms with E-state index in [1.807, 2.05) is 37.2 Å². The topological polar surface area (TPSA) is 44.8 Å². The molecule has 2 atom stereocenters. The second kappa shape index (κ2) is 8.91. The van der Waals surface area contributed by atoms with Crippen LogP contribution in [0.25, 0.3) is 0 Å². The van der Waals surface area contributed by atoms with E-state index in [0.29, 0.717) is 12.5 Å². The molecule has 5 heteroatoms. The third-order valence-electron chi connectivity index (χ3n) is 5.32. The van der Waals surface area contributed by atoms with Crippen LogP contribution in [0.1, 0.15) is 29.5 Å². The summed E-state index contributed by atoms with van der Waals surface area (Å²) in [7, 11) is 5.72. The molecule has 1 N–H and O–H groups in total. The van der Waals surface area contributed by atoms with Gasteiger partial charge in [0.2, 0.25) is 0 Å². The van der Waals surface area contributed by atoms with Crippen molar-refractivity contribution in [2.24, 2.45) is 0 Å². The average molecular weight is 367 g/mol. The number of hydrogen-bond donors (Lipinski definition) is 1. The molecule has 1 aliphatic rings. The predicted octanol–water partition coefficient (Wildman–Crippen LogP) is 3.50. The van der Waals surface area contributed by atoms with Crippen LogP contribution in [0.2, 0.25) is 0 Å². The van der Waals surface area contributed by atoms with E-state index >= 15 is 0 Å². The molecule has 0 aliphatic carbocycles. The summed E-state index contributed by atoms with van der Waals surface area (Å²) in [6.45, 7) is 2.16. The fourth-order valence-electron chi connectivity index (χ4n) is 3.66. The lowest BCUT2D eigenvalue weighted by Gasteiger charge is -2.26. The number of carbonyl (C=O) groups excluding carboxylic acids is 1. The molecule has 0 bridgehead atoms. The van der Waals surface area contributed by atoms with Crippen molar-refractivity contribution in [3.63, 3.8) is 0 Å². The number of rotatable bonds is 6. The molecule has 1 saturated heterocycles. The van der Waals surface area contributed by atoms with Crippen molar-refractivity contribution in [1.29, 1.82) is 0 Å². The number of nitrogens with one attached hydrogen (secondary N) is 1. The van der Waals surface area contributed by atoms with E-state index in [-0.39, 0.29) is 12.1 Å². The Bertz CT molecular complexity index is 731. The van der Waals surface area contributed by atoms with Gasteiger partial charge in [-0.3, -0.25) is 0 Å². The van der Waals surface area contributed by atoms with Crippen LogP contribution in [0.5, 0.6) is 5.75 Å². The Hall–Kier alpha value is -2.53. The molecule has 0 aromatic heterocycles. The van der Waals surface area contributed by atoms with Crippen LogP contribution in [-0.4, -0.2) is 56.7 Å². The molecule has 5 nitrogen and oxygen atoms in total. The predicted molar refractivity (Wildman–Crippen MR) is 108 cm³/mol. The van der Waals surface area contributed by atoms with Gasteiger partial charge in [-0.2, -0.15) is 0 Å². The second-order valence-electron chi connectivity index (χ2n) is 7.28. The van der Waals surface area contributed by atoms with Crippen LogP contribution in [-0.2, 0) is 0 Å². The summed E-state index contributed by atoms with van der Waals surface area (Å²) in [6, 6.07) is 18.6. The maximum absolute atomic E-state index is 12.7. The number of ether oxygens (including phenoxy) is 1. The Balaban J connectivity index is 1.56. The third-order valence-corrected chi connectivity index (χ3v) is 5.32. The Kier molecular flexibility index (Phi) is 6.35. The van der Waals surface area contributed by atoms with E-state index in [1.165, 1.54) is 5.56 Å². The van der Waals surface area contributed by atoms with Crippen LogP contribution in [0, 0.1) is 0 Å². The van der Waals surface area contributed by atoms with Crippen molar-refractivity contribution in [1.82, 2.24) is 15.1 Å². The fraction of sp³-hybridized carbons (Fsp3) is 0.409. The van der Waals surface area contributed by atoms with E-state index in [9.17, 15) is 4.79 Å². The van der Waals surface area contributed by atoms with Crippen LogP contribution in [0.3, 0.4) is 0 Å². The lowest BCUT2D eigenvalue weighted by Crippen LogP contribution is -2.42. The second-order valence-corrected chi connectivity index (χ2v) is 7.28. The number of methoxy groups -OCH3 is 1. The van der Waals surface area contributed by atoms with Gasteiger partial charge in [0.25, 0.3) is 0 Å². The largest absolute Gasteiger partial charge is 0.497 e. The van der Waals surface area contributed by atoms with Crippen molar-refractivity contribution in [2.45, 2.75) is 18.4 Å². The monoisotopic (exact) mass is 367 g/mol. The maximum atomic E-state index is 12.7. The molecule has 0 saturated carbocycles. The minimum Gasteiger partial charge on any atom is -0.497 e. The zero-order valence-electron chi connectivity index (χ0n) is 16.4. The summed E-state index contributed by atoms with van der Waals surface area (Å²) in [5.41, 5.74) is 2.47. The number of urea groups is 1. The Morgan fingerprint density at radius 1 is 1.19 bits per heavy atom.